The maximum Gasteiger partial charge on any atom is 0.264 e. The van der Waals surface area contributed by atoms with Crippen LogP contribution in [0.4, 0.5) is 5.69 Å². The van der Waals surface area contributed by atoms with Gasteiger partial charge in [-0.25, -0.2) is 8.42 Å². The lowest BCUT2D eigenvalue weighted by Gasteiger charge is -2.34. The highest BCUT2D eigenvalue weighted by molar-refractivity contribution is 7.92. The minimum atomic E-state index is -4.26. The van der Waals surface area contributed by atoms with Crippen LogP contribution in [0.5, 0.6) is 0 Å². The number of carbonyl (C=O) groups is 2. The van der Waals surface area contributed by atoms with Crippen LogP contribution in [0.25, 0.3) is 0 Å². The maximum absolute atomic E-state index is 14.4. The van der Waals surface area contributed by atoms with Gasteiger partial charge in [0.25, 0.3) is 10.0 Å². The van der Waals surface area contributed by atoms with Gasteiger partial charge in [0.15, 0.2) is 0 Å². The van der Waals surface area contributed by atoms with Crippen LogP contribution in [-0.2, 0) is 32.6 Å². The highest BCUT2D eigenvalue weighted by atomic mass is 35.5. The zero-order valence-corrected chi connectivity index (χ0v) is 26.9. The molecule has 0 fully saturated rings. The number of anilines is 1. The number of rotatable bonds is 13. The molecule has 230 valence electrons. The summed E-state index contributed by atoms with van der Waals surface area (Å²) in [6.07, 6.45) is 0.953. The Morgan fingerprint density at radius 1 is 0.841 bits per heavy atom. The van der Waals surface area contributed by atoms with Gasteiger partial charge in [-0.3, -0.25) is 13.9 Å². The number of sulfonamides is 1. The summed E-state index contributed by atoms with van der Waals surface area (Å²) in [4.78, 5) is 29.6. The lowest BCUT2D eigenvalue weighted by molar-refractivity contribution is -0.140. The van der Waals surface area contributed by atoms with Crippen molar-refractivity contribution in [3.05, 3.63) is 130 Å². The van der Waals surface area contributed by atoms with Crippen LogP contribution in [0, 0.1) is 6.92 Å². The molecule has 0 radical (unpaired) electrons. The lowest BCUT2D eigenvalue weighted by atomic mass is 10.0. The summed E-state index contributed by atoms with van der Waals surface area (Å²) in [5.41, 5.74) is 2.80. The van der Waals surface area contributed by atoms with Gasteiger partial charge in [0.05, 0.1) is 15.6 Å². The van der Waals surface area contributed by atoms with Crippen molar-refractivity contribution in [3.8, 4) is 0 Å². The second-order valence-corrected chi connectivity index (χ2v) is 13.1. The second kappa shape index (κ2) is 15.2. The molecule has 0 spiro atoms. The van der Waals surface area contributed by atoms with Crippen LogP contribution in [0.3, 0.4) is 0 Å². The summed E-state index contributed by atoms with van der Waals surface area (Å²) in [5, 5.41) is 3.32. The Morgan fingerprint density at radius 2 is 1.48 bits per heavy atom. The van der Waals surface area contributed by atoms with E-state index in [0.717, 1.165) is 21.0 Å². The van der Waals surface area contributed by atoms with E-state index in [1.807, 2.05) is 68.4 Å². The smallest absolute Gasteiger partial charge is 0.264 e. The monoisotopic (exact) mass is 651 g/mol. The molecule has 1 atom stereocenters. The topological polar surface area (TPSA) is 86.8 Å². The van der Waals surface area contributed by atoms with Gasteiger partial charge in [-0.1, -0.05) is 108 Å². The molecular weight excluding hydrogens is 617 g/mol. The van der Waals surface area contributed by atoms with E-state index in [2.05, 4.69) is 5.32 Å². The standard InChI is InChI=1S/C34H35Cl2N3O4S/c1-3-20-37-34(41)32(21-26-10-6-4-7-11-26)38(23-27-16-14-25(2)15-17-27)33(40)24-39(31-19-18-28(35)22-30(31)36)44(42,43)29-12-8-5-9-13-29/h4-19,22,32H,3,20-21,23-24H2,1-2H3,(H,37,41)/t32-/m0/s1. The van der Waals surface area contributed by atoms with Crippen LogP contribution in [-0.4, -0.2) is 44.3 Å². The maximum atomic E-state index is 14.4. The highest BCUT2D eigenvalue weighted by Gasteiger charge is 2.35. The predicted octanol–water partition coefficient (Wildman–Crippen LogP) is 6.66. The number of aryl methyl sites for hydroxylation is 1. The zero-order chi connectivity index (χ0) is 31.7. The normalized spacial score (nSPS) is 11.9. The van der Waals surface area contributed by atoms with Gasteiger partial charge in [-0.05, 0) is 54.8 Å². The van der Waals surface area contributed by atoms with Crippen LogP contribution in [0.15, 0.2) is 108 Å². The summed E-state index contributed by atoms with van der Waals surface area (Å²) in [6, 6.07) is 28.4. The molecule has 1 N–H and O–H groups in total. The van der Waals surface area contributed by atoms with Crippen molar-refractivity contribution in [2.24, 2.45) is 0 Å². The largest absolute Gasteiger partial charge is 0.354 e. The SMILES string of the molecule is CCCNC(=O)[C@H](Cc1ccccc1)N(Cc1ccc(C)cc1)C(=O)CN(c1ccc(Cl)cc1Cl)S(=O)(=O)c1ccccc1. The molecule has 0 aromatic heterocycles. The van der Waals surface area contributed by atoms with Crippen LogP contribution >= 0.6 is 23.2 Å². The average molecular weight is 653 g/mol. The minimum absolute atomic E-state index is 0.00887. The summed E-state index contributed by atoms with van der Waals surface area (Å²) < 4.78 is 29.1. The molecule has 4 aromatic carbocycles. The molecular formula is C34H35Cl2N3O4S. The number of hydrogen-bond donors (Lipinski definition) is 1. The van der Waals surface area contributed by atoms with Gasteiger partial charge in [0.1, 0.15) is 12.6 Å². The van der Waals surface area contributed by atoms with Crippen molar-refractivity contribution < 1.29 is 18.0 Å². The fourth-order valence-corrected chi connectivity index (χ4v) is 6.74. The van der Waals surface area contributed by atoms with E-state index >= 15 is 0 Å². The fourth-order valence-electron chi connectivity index (χ4n) is 4.73. The Labute approximate surface area is 269 Å². The molecule has 2 amide bonds. The Hall–Kier alpha value is -3.85. The third kappa shape index (κ3) is 8.40. The van der Waals surface area contributed by atoms with Crippen LogP contribution in [0.1, 0.15) is 30.0 Å². The van der Waals surface area contributed by atoms with Gasteiger partial charge in [0, 0.05) is 24.5 Å². The number of amides is 2. The molecule has 0 aliphatic rings. The Bertz CT molecular complexity index is 1670. The lowest BCUT2D eigenvalue weighted by Crippen LogP contribution is -2.53. The molecule has 0 unspecified atom stereocenters. The number of nitrogens with zero attached hydrogens (tertiary/aromatic N) is 2. The quantitative estimate of drug-likeness (QED) is 0.175. The van der Waals surface area contributed by atoms with Gasteiger partial charge in [-0.15, -0.1) is 0 Å². The van der Waals surface area contributed by atoms with Gasteiger partial charge < -0.3 is 10.2 Å². The number of nitrogens with one attached hydrogen (secondary N) is 1. The van der Waals surface area contributed by atoms with Crippen LogP contribution in [0.2, 0.25) is 10.0 Å². The third-order valence-electron chi connectivity index (χ3n) is 7.08. The van der Waals surface area contributed by atoms with Crippen molar-refractivity contribution in [1.82, 2.24) is 10.2 Å². The molecule has 4 rings (SSSR count). The third-order valence-corrected chi connectivity index (χ3v) is 9.39. The molecule has 0 saturated carbocycles. The van der Waals surface area contributed by atoms with Gasteiger partial charge >= 0.3 is 0 Å². The Balaban J connectivity index is 1.81. The fraction of sp³-hybridized carbons (Fsp3) is 0.235. The molecule has 0 aliphatic carbocycles. The van der Waals surface area contributed by atoms with Crippen molar-refractivity contribution in [1.29, 1.82) is 0 Å². The predicted molar refractivity (Wildman–Crippen MR) is 176 cm³/mol. The zero-order valence-electron chi connectivity index (χ0n) is 24.6. The van der Waals surface area contributed by atoms with E-state index in [0.29, 0.717) is 18.0 Å². The molecule has 4 aromatic rings. The van der Waals surface area contributed by atoms with Crippen molar-refractivity contribution in [2.75, 3.05) is 17.4 Å². The van der Waals surface area contributed by atoms with E-state index in [1.54, 1.807) is 18.2 Å². The first-order chi connectivity index (χ1) is 21.1. The molecule has 0 aliphatic heterocycles. The van der Waals surface area contributed by atoms with Gasteiger partial charge in [0.2, 0.25) is 11.8 Å². The first-order valence-electron chi connectivity index (χ1n) is 14.3. The summed E-state index contributed by atoms with van der Waals surface area (Å²) in [6.45, 7) is 3.83. The van der Waals surface area contributed by atoms with Gasteiger partial charge in [-0.2, -0.15) is 0 Å². The summed E-state index contributed by atoms with van der Waals surface area (Å²) >= 11 is 12.7. The Morgan fingerprint density at radius 3 is 2.09 bits per heavy atom. The Kier molecular flexibility index (Phi) is 11.4. The van der Waals surface area contributed by atoms with Crippen molar-refractivity contribution >= 4 is 50.7 Å². The van der Waals surface area contributed by atoms with E-state index in [9.17, 15) is 18.0 Å². The van der Waals surface area contributed by atoms with E-state index in [-0.39, 0.29) is 34.5 Å². The number of benzene rings is 4. The second-order valence-electron chi connectivity index (χ2n) is 10.4. The van der Waals surface area contributed by atoms with Crippen molar-refractivity contribution in [2.45, 2.75) is 44.2 Å². The van der Waals surface area contributed by atoms with E-state index < -0.39 is 28.5 Å². The van der Waals surface area contributed by atoms with E-state index in [4.69, 9.17) is 23.2 Å². The average Bonchev–Trinajstić information content (AvgIpc) is 3.02. The molecule has 10 heteroatoms. The summed E-state index contributed by atoms with van der Waals surface area (Å²) in [5.74, 6) is -0.887. The highest BCUT2D eigenvalue weighted by Crippen LogP contribution is 2.33. The number of carbonyl (C=O) groups excluding carboxylic acids is 2. The first-order valence-corrected chi connectivity index (χ1v) is 16.5. The molecule has 0 saturated heterocycles. The van der Waals surface area contributed by atoms with E-state index in [1.165, 1.54) is 35.2 Å². The number of halogens is 2. The first kappa shape index (κ1) is 33.1. The molecule has 0 bridgehead atoms. The molecule has 44 heavy (non-hydrogen) atoms. The van der Waals surface area contributed by atoms with Crippen molar-refractivity contribution in [3.63, 3.8) is 0 Å². The minimum Gasteiger partial charge on any atom is -0.354 e. The molecule has 7 nitrogen and oxygen atoms in total. The number of hydrogen-bond acceptors (Lipinski definition) is 4. The molecule has 0 heterocycles. The van der Waals surface area contributed by atoms with Crippen LogP contribution < -0.4 is 9.62 Å². The summed E-state index contributed by atoms with van der Waals surface area (Å²) in [7, 11) is -4.26.